The topological polar surface area (TPSA) is 76.6 Å². The van der Waals surface area contributed by atoms with Gasteiger partial charge in [0.2, 0.25) is 5.91 Å². The molecule has 10 heteroatoms. The fourth-order valence-corrected chi connectivity index (χ4v) is 4.11. The molecule has 0 spiro atoms. The van der Waals surface area contributed by atoms with Gasteiger partial charge in [0.25, 0.3) is 0 Å². The molecule has 1 amide bonds. The number of hydrogen-bond acceptors (Lipinski definition) is 5. The van der Waals surface area contributed by atoms with Crippen LogP contribution in [0.1, 0.15) is 5.56 Å². The van der Waals surface area contributed by atoms with Crippen LogP contribution in [-0.2, 0) is 11.3 Å². The van der Waals surface area contributed by atoms with E-state index in [1.807, 2.05) is 22.6 Å². The molecule has 5 aromatic rings. The molecule has 0 atom stereocenters. The molecule has 0 radical (unpaired) electrons. The van der Waals surface area contributed by atoms with Crippen molar-refractivity contribution in [3.05, 3.63) is 83.4 Å². The van der Waals surface area contributed by atoms with Crippen molar-refractivity contribution < 1.29 is 9.18 Å². The number of halogens is 2. The number of benzene rings is 2. The van der Waals surface area contributed by atoms with Crippen molar-refractivity contribution in [1.29, 1.82) is 0 Å². The molecule has 3 heterocycles. The van der Waals surface area contributed by atoms with Gasteiger partial charge >= 0.3 is 0 Å². The zero-order chi connectivity index (χ0) is 22.1. The molecule has 1 N–H and O–H groups in total. The minimum atomic E-state index is -0.295. The number of amides is 1. The third-order valence-corrected chi connectivity index (χ3v) is 6.06. The monoisotopic (exact) mass is 466 g/mol. The van der Waals surface area contributed by atoms with Gasteiger partial charge in [-0.15, -0.1) is 10.2 Å². The molecule has 2 aromatic carbocycles. The third-order valence-electron chi connectivity index (χ3n) is 4.86. The summed E-state index contributed by atoms with van der Waals surface area (Å²) in [5.74, 6) is -0.193. The minimum Gasteiger partial charge on any atom is -0.351 e. The third kappa shape index (κ3) is 4.17. The number of thioether (sulfide) groups is 1. The number of carbonyl (C=O) groups excluding carboxylic acids is 1. The van der Waals surface area contributed by atoms with Crippen molar-refractivity contribution in [2.75, 3.05) is 5.75 Å². The van der Waals surface area contributed by atoms with Crippen LogP contribution in [0.25, 0.3) is 22.4 Å². The van der Waals surface area contributed by atoms with E-state index in [0.717, 1.165) is 16.6 Å². The van der Waals surface area contributed by atoms with Gasteiger partial charge in [-0.2, -0.15) is 5.10 Å². The molecule has 3 aromatic heterocycles. The van der Waals surface area contributed by atoms with Crippen LogP contribution >= 0.6 is 23.4 Å². The fraction of sp³-hybridized carbons (Fsp3) is 0.0909. The Morgan fingerprint density at radius 3 is 2.62 bits per heavy atom. The Labute approximate surface area is 191 Å². The Bertz CT molecular complexity index is 1410. The molecule has 32 heavy (non-hydrogen) atoms. The summed E-state index contributed by atoms with van der Waals surface area (Å²) in [6.07, 6.45) is 3.60. The van der Waals surface area contributed by atoms with Crippen LogP contribution in [-0.4, -0.2) is 35.9 Å². The van der Waals surface area contributed by atoms with E-state index in [0.29, 0.717) is 28.1 Å². The van der Waals surface area contributed by atoms with Crippen LogP contribution < -0.4 is 5.32 Å². The number of rotatable bonds is 6. The van der Waals surface area contributed by atoms with Gasteiger partial charge in [-0.1, -0.05) is 35.5 Å². The highest BCUT2D eigenvalue weighted by molar-refractivity contribution is 7.99. The van der Waals surface area contributed by atoms with E-state index in [1.165, 1.54) is 23.9 Å². The van der Waals surface area contributed by atoms with Gasteiger partial charge in [-0.05, 0) is 48.0 Å². The molecule has 0 saturated carbocycles. The summed E-state index contributed by atoms with van der Waals surface area (Å²) in [5, 5.41) is 17.2. The van der Waals surface area contributed by atoms with Crippen molar-refractivity contribution in [2.24, 2.45) is 0 Å². The van der Waals surface area contributed by atoms with E-state index >= 15 is 0 Å². The van der Waals surface area contributed by atoms with E-state index in [1.54, 1.807) is 41.2 Å². The Kier molecular flexibility index (Phi) is 5.50. The van der Waals surface area contributed by atoms with Gasteiger partial charge < -0.3 is 5.32 Å². The Balaban J connectivity index is 1.30. The van der Waals surface area contributed by atoms with Gasteiger partial charge in [0.1, 0.15) is 11.3 Å². The molecular formula is C22H16ClFN6OS. The highest BCUT2D eigenvalue weighted by Gasteiger charge is 2.14. The van der Waals surface area contributed by atoms with E-state index < -0.39 is 0 Å². The Morgan fingerprint density at radius 1 is 1.06 bits per heavy atom. The molecule has 160 valence electrons. The van der Waals surface area contributed by atoms with Crippen molar-refractivity contribution in [3.8, 4) is 11.3 Å². The van der Waals surface area contributed by atoms with Crippen molar-refractivity contribution in [1.82, 2.24) is 29.5 Å². The summed E-state index contributed by atoms with van der Waals surface area (Å²) in [4.78, 5) is 12.3. The summed E-state index contributed by atoms with van der Waals surface area (Å²) >= 11 is 7.18. The first-order valence-corrected chi connectivity index (χ1v) is 11.1. The second-order valence-electron chi connectivity index (χ2n) is 7.03. The Morgan fingerprint density at radius 2 is 1.84 bits per heavy atom. The summed E-state index contributed by atoms with van der Waals surface area (Å²) in [5.41, 5.74) is 3.87. The average Bonchev–Trinajstić information content (AvgIpc) is 3.41. The van der Waals surface area contributed by atoms with Gasteiger partial charge in [-0.3, -0.25) is 9.20 Å². The molecule has 7 nitrogen and oxygen atoms in total. The van der Waals surface area contributed by atoms with Crippen molar-refractivity contribution in [2.45, 2.75) is 11.7 Å². The summed E-state index contributed by atoms with van der Waals surface area (Å²) in [6.45, 7) is 0.430. The molecule has 0 saturated heterocycles. The van der Waals surface area contributed by atoms with Crippen LogP contribution in [0.4, 0.5) is 4.39 Å². The molecule has 0 aliphatic rings. The number of nitrogens with one attached hydrogen (secondary N) is 1. The van der Waals surface area contributed by atoms with Gasteiger partial charge in [0.05, 0.1) is 11.4 Å². The largest absolute Gasteiger partial charge is 0.351 e. The second-order valence-corrected chi connectivity index (χ2v) is 8.41. The Hall–Kier alpha value is -3.43. The van der Waals surface area contributed by atoms with E-state index in [9.17, 15) is 9.18 Å². The lowest BCUT2D eigenvalue weighted by atomic mass is 10.1. The quantitative estimate of drug-likeness (QED) is 0.379. The predicted octanol–water partition coefficient (Wildman–Crippen LogP) is 4.25. The molecule has 0 fully saturated rings. The van der Waals surface area contributed by atoms with Crippen molar-refractivity contribution >= 4 is 40.4 Å². The summed E-state index contributed by atoms with van der Waals surface area (Å²) in [6, 6.07) is 15.4. The van der Waals surface area contributed by atoms with Gasteiger partial charge in [0.15, 0.2) is 10.8 Å². The van der Waals surface area contributed by atoms with Crippen molar-refractivity contribution in [3.63, 3.8) is 0 Å². The first-order valence-electron chi connectivity index (χ1n) is 9.70. The molecule has 0 bridgehead atoms. The maximum atomic E-state index is 13.2. The maximum absolute atomic E-state index is 13.2. The lowest BCUT2D eigenvalue weighted by Crippen LogP contribution is -2.24. The minimum absolute atomic E-state index is 0.106. The molecule has 0 aliphatic carbocycles. The lowest BCUT2D eigenvalue weighted by Gasteiger charge is -2.05. The summed E-state index contributed by atoms with van der Waals surface area (Å²) < 4.78 is 16.7. The number of aromatic nitrogens is 5. The zero-order valence-corrected chi connectivity index (χ0v) is 18.1. The lowest BCUT2D eigenvalue weighted by molar-refractivity contribution is -0.118. The van der Waals surface area contributed by atoms with Crippen LogP contribution in [0.2, 0.25) is 5.02 Å². The number of carbonyl (C=O) groups is 1. The SMILES string of the molecule is O=C(CSc1nnc2c3cc(-c4ccc(F)cc4)nn3ccn12)NCc1ccc(Cl)cc1. The van der Waals surface area contributed by atoms with Gasteiger partial charge in [0, 0.05) is 29.5 Å². The first-order chi connectivity index (χ1) is 15.6. The first kappa shape index (κ1) is 20.5. The van der Waals surface area contributed by atoms with E-state index in [-0.39, 0.29) is 17.5 Å². The predicted molar refractivity (Wildman–Crippen MR) is 121 cm³/mol. The second kappa shape index (κ2) is 8.60. The number of fused-ring (bicyclic) bond motifs is 3. The highest BCUT2D eigenvalue weighted by Crippen LogP contribution is 2.24. The summed E-state index contributed by atoms with van der Waals surface area (Å²) in [7, 11) is 0. The number of hydrogen-bond donors (Lipinski definition) is 1. The fourth-order valence-electron chi connectivity index (χ4n) is 3.24. The average molecular weight is 467 g/mol. The van der Waals surface area contributed by atoms with E-state index in [4.69, 9.17) is 11.6 Å². The van der Waals surface area contributed by atoms with Crippen LogP contribution in [0.3, 0.4) is 0 Å². The highest BCUT2D eigenvalue weighted by atomic mass is 35.5. The maximum Gasteiger partial charge on any atom is 0.230 e. The van der Waals surface area contributed by atoms with Crippen LogP contribution in [0.15, 0.2) is 72.1 Å². The molecule has 0 aliphatic heterocycles. The smallest absolute Gasteiger partial charge is 0.230 e. The van der Waals surface area contributed by atoms with Crippen LogP contribution in [0, 0.1) is 5.82 Å². The van der Waals surface area contributed by atoms with Crippen LogP contribution in [0.5, 0.6) is 0 Å². The normalized spacial score (nSPS) is 11.3. The number of nitrogens with zero attached hydrogens (tertiary/aromatic N) is 5. The molecule has 0 unspecified atom stereocenters. The molecule has 5 rings (SSSR count). The van der Waals surface area contributed by atoms with E-state index in [2.05, 4.69) is 20.6 Å². The standard InChI is InChI=1S/C22H16ClFN6OS/c23-16-5-1-14(2-6-16)12-25-20(31)13-32-22-27-26-21-19-11-18(15-3-7-17(24)8-4-15)28-30(19)10-9-29(21)22/h1-11H,12-13H2,(H,25,31). The molecular weight excluding hydrogens is 451 g/mol. The van der Waals surface area contributed by atoms with Gasteiger partial charge in [-0.25, -0.2) is 8.91 Å². The zero-order valence-electron chi connectivity index (χ0n) is 16.6.